The monoisotopic (exact) mass is 641 g/mol. The number of aromatic hydroxyl groups is 1. The Morgan fingerprint density at radius 1 is 1.11 bits per heavy atom. The molecule has 0 radical (unpaired) electrons. The molecule has 3 amide bonds. The van der Waals surface area contributed by atoms with Gasteiger partial charge < -0.3 is 24.8 Å². The first-order valence-corrected chi connectivity index (χ1v) is 15.9. The number of aromatic nitrogens is 2. The number of nitrogens with one attached hydrogen (secondary N) is 1. The van der Waals surface area contributed by atoms with E-state index in [4.69, 9.17) is 9.72 Å². The Morgan fingerprint density at radius 2 is 1.85 bits per heavy atom. The molecule has 4 aliphatic heterocycles. The first-order valence-electron chi connectivity index (χ1n) is 15.9. The van der Waals surface area contributed by atoms with Gasteiger partial charge in [0.15, 0.2) is 5.60 Å². The van der Waals surface area contributed by atoms with Crippen molar-refractivity contribution in [2.75, 3.05) is 19.6 Å². The number of imide groups is 1. The summed E-state index contributed by atoms with van der Waals surface area (Å²) in [5.74, 6) is -1.43. The van der Waals surface area contributed by atoms with Gasteiger partial charge in [0.25, 0.3) is 17.4 Å². The maximum Gasteiger partial charge on any atom is 0.343 e. The summed E-state index contributed by atoms with van der Waals surface area (Å²) in [6, 6.07) is 7.00. The lowest BCUT2D eigenvalue weighted by Gasteiger charge is -2.32. The Morgan fingerprint density at radius 3 is 2.57 bits per heavy atom. The number of pyridine rings is 2. The van der Waals surface area contributed by atoms with Crippen molar-refractivity contribution in [1.29, 1.82) is 0 Å². The molecular formula is C34H35N5O8. The van der Waals surface area contributed by atoms with E-state index in [-0.39, 0.29) is 78.7 Å². The average molecular weight is 642 g/mol. The van der Waals surface area contributed by atoms with Crippen molar-refractivity contribution < 1.29 is 34.1 Å². The molecule has 1 saturated heterocycles. The summed E-state index contributed by atoms with van der Waals surface area (Å²) in [4.78, 5) is 70.1. The zero-order valence-electron chi connectivity index (χ0n) is 26.0. The van der Waals surface area contributed by atoms with Crippen LogP contribution >= 0.6 is 0 Å². The second-order valence-electron chi connectivity index (χ2n) is 12.6. The zero-order chi connectivity index (χ0) is 33.0. The Labute approximate surface area is 269 Å². The number of piperidine rings is 1. The van der Waals surface area contributed by atoms with Gasteiger partial charge in [0.2, 0.25) is 5.91 Å². The van der Waals surface area contributed by atoms with Crippen LogP contribution in [-0.2, 0) is 49.2 Å². The van der Waals surface area contributed by atoms with Crippen LogP contribution in [0.4, 0.5) is 0 Å². The number of likely N-dealkylation sites (tertiary alicyclic amines) is 1. The third kappa shape index (κ3) is 5.28. The number of amides is 3. The number of hydrogen-bond donors (Lipinski definition) is 3. The number of fused-ring (bicyclic) bond motifs is 5. The summed E-state index contributed by atoms with van der Waals surface area (Å²) in [5.41, 5.74) is 1.60. The van der Waals surface area contributed by atoms with E-state index < -0.39 is 11.6 Å². The second-order valence-corrected chi connectivity index (χ2v) is 12.6. The molecule has 1 fully saturated rings. The number of nitrogens with zero attached hydrogens (tertiary/aromatic N) is 4. The van der Waals surface area contributed by atoms with Crippen molar-refractivity contribution in [3.05, 3.63) is 69.0 Å². The van der Waals surface area contributed by atoms with E-state index in [1.165, 1.54) is 12.2 Å². The maximum absolute atomic E-state index is 13.5. The van der Waals surface area contributed by atoms with Gasteiger partial charge in [-0.25, -0.2) is 9.78 Å². The number of carbonyl (C=O) groups is 4. The minimum absolute atomic E-state index is 0.00946. The molecule has 1 atom stereocenters. The van der Waals surface area contributed by atoms with Crippen molar-refractivity contribution >= 4 is 34.6 Å². The smallest absolute Gasteiger partial charge is 0.343 e. The van der Waals surface area contributed by atoms with Crippen LogP contribution in [0.3, 0.4) is 0 Å². The summed E-state index contributed by atoms with van der Waals surface area (Å²) >= 11 is 0. The highest BCUT2D eigenvalue weighted by Gasteiger charge is 2.45. The van der Waals surface area contributed by atoms with E-state index >= 15 is 0 Å². The van der Waals surface area contributed by atoms with Crippen molar-refractivity contribution in [2.24, 2.45) is 0 Å². The molecule has 13 heteroatoms. The summed E-state index contributed by atoms with van der Waals surface area (Å²) in [6.45, 7) is 3.83. The summed E-state index contributed by atoms with van der Waals surface area (Å²) in [5, 5.41) is 25.9. The largest absolute Gasteiger partial charge is 0.508 e. The Balaban J connectivity index is 1.04. The lowest BCUT2D eigenvalue weighted by Crippen LogP contribution is -2.44. The quantitative estimate of drug-likeness (QED) is 0.190. The predicted octanol–water partition coefficient (Wildman–Crippen LogP) is 1.57. The summed E-state index contributed by atoms with van der Waals surface area (Å²) in [6.07, 6.45) is 4.63. The Hall–Kier alpha value is -4.88. The fourth-order valence-corrected chi connectivity index (χ4v) is 7.07. The molecule has 13 nitrogen and oxygen atoms in total. The SMILES string of the molecule is CC[C@@]1(O)C(=O)OCc2c1cc1n(c2=O)Cc2cc3c(CN4CCC(NC(=O)CCCN5C(=O)C=CC5=O)CC4)c(O)ccc3nc2-1. The number of rotatable bonds is 8. The van der Waals surface area contributed by atoms with Crippen LogP contribution in [-0.4, -0.2) is 78.9 Å². The molecule has 0 saturated carbocycles. The summed E-state index contributed by atoms with van der Waals surface area (Å²) in [7, 11) is 0. The Bertz CT molecular complexity index is 1920. The molecule has 3 aromatic rings. The number of ether oxygens (including phenoxy) is 1. The molecule has 6 heterocycles. The van der Waals surface area contributed by atoms with Gasteiger partial charge >= 0.3 is 5.97 Å². The standard InChI is InChI=1S/C34H35N5O8/c1-2-34(46)24-15-26-31-19(16-39(26)32(44)23(24)18-47-33(34)45)14-21-22(27(40)6-5-25(21)36-31)17-37-12-9-20(10-13-37)35-28(41)4-3-11-38-29(42)7-8-30(38)43/h5-8,14-15,20,40,46H,2-4,9-13,16-18H2,1H3,(H,35,41)/t34-/m0/s1. The highest BCUT2D eigenvalue weighted by molar-refractivity contribution is 6.12. The lowest BCUT2D eigenvalue weighted by molar-refractivity contribution is -0.172. The van der Waals surface area contributed by atoms with E-state index in [0.29, 0.717) is 43.0 Å². The van der Waals surface area contributed by atoms with E-state index in [1.54, 1.807) is 29.7 Å². The van der Waals surface area contributed by atoms with Gasteiger partial charge in [-0.05, 0) is 49.9 Å². The van der Waals surface area contributed by atoms with Gasteiger partial charge in [0, 0.05) is 72.9 Å². The van der Waals surface area contributed by atoms with E-state index in [9.17, 15) is 34.2 Å². The molecule has 0 aliphatic carbocycles. The van der Waals surface area contributed by atoms with Crippen LogP contribution in [0.5, 0.6) is 5.75 Å². The minimum Gasteiger partial charge on any atom is -0.508 e. The fourth-order valence-electron chi connectivity index (χ4n) is 7.07. The third-order valence-electron chi connectivity index (χ3n) is 9.80. The van der Waals surface area contributed by atoms with Crippen LogP contribution in [0, 0.1) is 0 Å². The van der Waals surface area contributed by atoms with E-state index in [1.807, 2.05) is 6.07 Å². The normalized spacial score (nSPS) is 20.8. The number of carbonyl (C=O) groups excluding carboxylic acids is 4. The topological polar surface area (TPSA) is 171 Å². The lowest BCUT2D eigenvalue weighted by atomic mass is 9.86. The van der Waals surface area contributed by atoms with Crippen LogP contribution in [0.25, 0.3) is 22.3 Å². The number of cyclic esters (lactones) is 1. The van der Waals surface area contributed by atoms with Gasteiger partial charge in [0.1, 0.15) is 12.4 Å². The van der Waals surface area contributed by atoms with Crippen LogP contribution in [0.1, 0.15) is 61.3 Å². The van der Waals surface area contributed by atoms with Crippen LogP contribution < -0.4 is 10.9 Å². The van der Waals surface area contributed by atoms with Crippen molar-refractivity contribution in [3.8, 4) is 17.1 Å². The second kappa shape index (κ2) is 11.7. The maximum atomic E-state index is 13.5. The van der Waals surface area contributed by atoms with Crippen molar-refractivity contribution in [3.63, 3.8) is 0 Å². The number of hydrogen-bond acceptors (Lipinski definition) is 10. The molecule has 4 aliphatic rings. The molecule has 2 aromatic heterocycles. The number of phenolic OH excluding ortho intramolecular Hbond substituents is 1. The third-order valence-corrected chi connectivity index (χ3v) is 9.80. The molecule has 0 bridgehead atoms. The number of esters is 1. The van der Waals surface area contributed by atoms with Crippen LogP contribution in [0.15, 0.2) is 41.2 Å². The van der Waals surface area contributed by atoms with E-state index in [0.717, 1.165) is 34.3 Å². The molecule has 3 N–H and O–H groups in total. The predicted molar refractivity (Wildman–Crippen MR) is 168 cm³/mol. The van der Waals surface area contributed by atoms with Gasteiger partial charge in [-0.1, -0.05) is 6.92 Å². The van der Waals surface area contributed by atoms with Crippen molar-refractivity contribution in [1.82, 2.24) is 24.7 Å². The number of benzene rings is 1. The zero-order valence-corrected chi connectivity index (χ0v) is 26.0. The molecular weight excluding hydrogens is 606 g/mol. The average Bonchev–Trinajstić information content (AvgIpc) is 3.59. The highest BCUT2D eigenvalue weighted by Crippen LogP contribution is 2.40. The molecule has 0 unspecified atom stereocenters. The van der Waals surface area contributed by atoms with Gasteiger partial charge in [0.05, 0.1) is 29.0 Å². The molecule has 1 aromatic carbocycles. The van der Waals surface area contributed by atoms with Crippen molar-refractivity contribution in [2.45, 2.75) is 70.4 Å². The summed E-state index contributed by atoms with van der Waals surface area (Å²) < 4.78 is 6.75. The first-order chi connectivity index (χ1) is 22.6. The Kier molecular flexibility index (Phi) is 7.68. The molecule has 244 valence electrons. The molecule has 0 spiro atoms. The van der Waals surface area contributed by atoms with Gasteiger partial charge in [-0.15, -0.1) is 0 Å². The fraction of sp³-hybridized carbons (Fsp3) is 0.412. The number of aliphatic hydroxyl groups is 1. The van der Waals surface area contributed by atoms with Gasteiger partial charge in [-0.3, -0.25) is 29.0 Å². The molecule has 7 rings (SSSR count). The molecule has 47 heavy (non-hydrogen) atoms. The van der Waals surface area contributed by atoms with Gasteiger partial charge in [-0.2, -0.15) is 0 Å². The number of phenols is 1. The van der Waals surface area contributed by atoms with Crippen LogP contribution in [0.2, 0.25) is 0 Å². The first kappa shape index (κ1) is 30.8. The minimum atomic E-state index is -1.90. The van der Waals surface area contributed by atoms with E-state index in [2.05, 4.69) is 10.2 Å². The highest BCUT2D eigenvalue weighted by atomic mass is 16.6.